The van der Waals surface area contributed by atoms with Crippen LogP contribution in [0.15, 0.2) is 35.1 Å². The number of likely N-dealkylation sites (N-methyl/N-ethyl adjacent to an activating group) is 1. The molecule has 3 heterocycles. The van der Waals surface area contributed by atoms with Gasteiger partial charge < -0.3 is 14.7 Å². The van der Waals surface area contributed by atoms with Crippen molar-refractivity contribution >= 4 is 41.1 Å². The van der Waals surface area contributed by atoms with Crippen molar-refractivity contribution in [3.8, 4) is 0 Å². The molecule has 3 aliphatic heterocycles. The average molecular weight is 408 g/mol. The van der Waals surface area contributed by atoms with Crippen molar-refractivity contribution in [3.63, 3.8) is 0 Å². The van der Waals surface area contributed by atoms with Crippen molar-refractivity contribution < 1.29 is 9.59 Å². The van der Waals surface area contributed by atoms with Crippen LogP contribution >= 0.6 is 23.2 Å². The predicted molar refractivity (Wildman–Crippen MR) is 103 cm³/mol. The molecule has 2 unspecified atom stereocenters. The highest BCUT2D eigenvalue weighted by Gasteiger charge is 2.54. The second-order valence-electron chi connectivity index (χ2n) is 6.76. The zero-order valence-electron chi connectivity index (χ0n) is 15.2. The number of benzene rings is 1. The van der Waals surface area contributed by atoms with Gasteiger partial charge >= 0.3 is 6.03 Å². The molecule has 7 nitrogen and oxygen atoms in total. The normalized spacial score (nSPS) is 24.3. The van der Waals surface area contributed by atoms with E-state index in [0.717, 1.165) is 12.2 Å². The summed E-state index contributed by atoms with van der Waals surface area (Å²) < 4.78 is 0. The Morgan fingerprint density at radius 2 is 1.93 bits per heavy atom. The molecular formula is C18H19Cl2N5O2. The number of nitrogens with zero attached hydrogens (tertiary/aromatic N) is 5. The van der Waals surface area contributed by atoms with Gasteiger partial charge in [0.1, 0.15) is 0 Å². The lowest BCUT2D eigenvalue weighted by Crippen LogP contribution is -2.63. The van der Waals surface area contributed by atoms with Gasteiger partial charge in [-0.2, -0.15) is 0 Å². The molecule has 0 bridgehead atoms. The Bertz CT molecular complexity index is 900. The highest BCUT2D eigenvalue weighted by atomic mass is 35.5. The van der Waals surface area contributed by atoms with Crippen molar-refractivity contribution in [2.45, 2.75) is 32.6 Å². The molecule has 2 atom stereocenters. The number of imide groups is 1. The minimum absolute atomic E-state index is 0.0879. The highest BCUT2D eigenvalue weighted by Crippen LogP contribution is 2.34. The van der Waals surface area contributed by atoms with E-state index in [1.54, 1.807) is 25.2 Å². The first-order chi connectivity index (χ1) is 12.8. The van der Waals surface area contributed by atoms with E-state index in [2.05, 4.69) is 4.99 Å². The monoisotopic (exact) mass is 407 g/mol. The van der Waals surface area contributed by atoms with Crippen LogP contribution in [0.1, 0.15) is 19.4 Å². The van der Waals surface area contributed by atoms with Crippen molar-refractivity contribution in [1.82, 2.24) is 19.6 Å². The summed E-state index contributed by atoms with van der Waals surface area (Å²) in [6.45, 7) is 4.83. The first kappa shape index (κ1) is 18.1. The second kappa shape index (κ2) is 6.42. The summed E-state index contributed by atoms with van der Waals surface area (Å²) >= 11 is 12.2. The van der Waals surface area contributed by atoms with Crippen LogP contribution in [-0.4, -0.2) is 63.3 Å². The zero-order chi connectivity index (χ0) is 19.5. The van der Waals surface area contributed by atoms with Crippen LogP contribution in [0.5, 0.6) is 0 Å². The SMILES string of the molecule is CCN1C(C)=CN2C1=NC1C2C(=O)N(Cc2ccc(Cl)cc2Cl)C(=O)N1C. The molecule has 1 fully saturated rings. The van der Waals surface area contributed by atoms with E-state index >= 15 is 0 Å². The predicted octanol–water partition coefficient (Wildman–Crippen LogP) is 2.95. The Morgan fingerprint density at radius 1 is 1.19 bits per heavy atom. The molecule has 1 saturated heterocycles. The van der Waals surface area contributed by atoms with Crippen molar-refractivity contribution in [2.75, 3.05) is 13.6 Å². The smallest absolute Gasteiger partial charge is 0.315 e. The van der Waals surface area contributed by atoms with Crippen LogP contribution < -0.4 is 0 Å². The van der Waals surface area contributed by atoms with E-state index in [1.807, 2.05) is 29.8 Å². The molecule has 0 saturated carbocycles. The van der Waals surface area contributed by atoms with Gasteiger partial charge in [0.15, 0.2) is 12.2 Å². The van der Waals surface area contributed by atoms with Crippen LogP contribution in [0, 0.1) is 0 Å². The number of rotatable bonds is 3. The van der Waals surface area contributed by atoms with Crippen LogP contribution in [0.3, 0.4) is 0 Å². The molecule has 0 radical (unpaired) electrons. The summed E-state index contributed by atoms with van der Waals surface area (Å²) in [7, 11) is 1.67. The molecule has 3 amide bonds. The maximum Gasteiger partial charge on any atom is 0.328 e. The molecule has 142 valence electrons. The second-order valence-corrected chi connectivity index (χ2v) is 7.61. The minimum atomic E-state index is -0.569. The number of carbonyl (C=O) groups excluding carboxylic acids is 2. The number of guanidine groups is 1. The molecular weight excluding hydrogens is 389 g/mol. The topological polar surface area (TPSA) is 59.5 Å². The first-order valence-corrected chi connectivity index (χ1v) is 9.43. The van der Waals surface area contributed by atoms with Gasteiger partial charge in [0, 0.05) is 35.5 Å². The molecule has 1 aromatic rings. The van der Waals surface area contributed by atoms with Crippen molar-refractivity contribution in [3.05, 3.63) is 45.7 Å². The van der Waals surface area contributed by atoms with Crippen LogP contribution in [0.4, 0.5) is 4.79 Å². The van der Waals surface area contributed by atoms with Gasteiger partial charge in [-0.05, 0) is 31.5 Å². The Labute approximate surface area is 167 Å². The molecule has 4 rings (SSSR count). The van der Waals surface area contributed by atoms with Gasteiger partial charge in [0.25, 0.3) is 5.91 Å². The van der Waals surface area contributed by atoms with Gasteiger partial charge in [0.05, 0.1) is 6.54 Å². The standard InChI is InChI=1S/C18H19Cl2N5O2/c1-4-23-10(2)8-24-14-15(21-17(23)24)22(3)18(27)25(16(14)26)9-11-5-6-12(19)7-13(11)20/h5-8,14-15H,4,9H2,1-3H3. The van der Waals surface area contributed by atoms with Gasteiger partial charge in [-0.25, -0.2) is 9.79 Å². The zero-order valence-corrected chi connectivity index (χ0v) is 16.7. The van der Waals surface area contributed by atoms with Gasteiger partial charge in [-0.1, -0.05) is 29.3 Å². The Kier molecular flexibility index (Phi) is 4.31. The number of hydrogen-bond acceptors (Lipinski definition) is 5. The third kappa shape index (κ3) is 2.68. The van der Waals surface area contributed by atoms with Crippen molar-refractivity contribution in [1.29, 1.82) is 0 Å². The number of allylic oxidation sites excluding steroid dienone is 1. The molecule has 0 aromatic heterocycles. The van der Waals surface area contributed by atoms with E-state index in [1.165, 1.54) is 9.80 Å². The lowest BCUT2D eigenvalue weighted by Gasteiger charge is -2.40. The molecule has 0 N–H and O–H groups in total. The number of carbonyl (C=O) groups is 2. The summed E-state index contributed by atoms with van der Waals surface area (Å²) in [6, 6.07) is 4.07. The number of amides is 3. The fourth-order valence-corrected chi connectivity index (χ4v) is 4.23. The molecule has 0 spiro atoms. The molecule has 3 aliphatic rings. The number of urea groups is 1. The third-order valence-corrected chi connectivity index (χ3v) is 5.75. The molecule has 27 heavy (non-hydrogen) atoms. The van der Waals surface area contributed by atoms with Gasteiger partial charge in [0.2, 0.25) is 5.96 Å². The summed E-state index contributed by atoms with van der Waals surface area (Å²) in [5, 5.41) is 0.925. The molecule has 0 aliphatic carbocycles. The fourth-order valence-electron chi connectivity index (χ4n) is 3.76. The lowest BCUT2D eigenvalue weighted by atomic mass is 10.1. The van der Waals surface area contributed by atoms with E-state index < -0.39 is 12.2 Å². The lowest BCUT2D eigenvalue weighted by molar-refractivity contribution is -0.137. The largest absolute Gasteiger partial charge is 0.328 e. The highest BCUT2D eigenvalue weighted by molar-refractivity contribution is 6.35. The van der Waals surface area contributed by atoms with E-state index in [4.69, 9.17) is 23.2 Å². The summed E-state index contributed by atoms with van der Waals surface area (Å²) in [4.78, 5) is 37.4. The quantitative estimate of drug-likeness (QED) is 0.772. The summed E-state index contributed by atoms with van der Waals surface area (Å²) in [5.74, 6) is 0.430. The number of hydrogen-bond donors (Lipinski definition) is 0. The molecule has 9 heteroatoms. The maximum absolute atomic E-state index is 13.2. The number of aliphatic imine (C=N–C) groups is 1. The number of halogens is 2. The van der Waals surface area contributed by atoms with Crippen LogP contribution in [0.25, 0.3) is 0 Å². The average Bonchev–Trinajstić information content (AvgIpc) is 3.12. The minimum Gasteiger partial charge on any atom is -0.315 e. The number of fused-ring (bicyclic) bond motifs is 3. The maximum atomic E-state index is 13.2. The Hall–Kier alpha value is -2.25. The van der Waals surface area contributed by atoms with E-state index in [-0.39, 0.29) is 18.5 Å². The van der Waals surface area contributed by atoms with Gasteiger partial charge in [-0.3, -0.25) is 9.69 Å². The van der Waals surface area contributed by atoms with E-state index in [9.17, 15) is 9.59 Å². The first-order valence-electron chi connectivity index (χ1n) is 8.67. The summed E-state index contributed by atoms with van der Waals surface area (Å²) in [6.07, 6.45) is 1.39. The third-order valence-electron chi connectivity index (χ3n) is 5.16. The van der Waals surface area contributed by atoms with E-state index in [0.29, 0.717) is 21.6 Å². The Balaban J connectivity index is 1.66. The fraction of sp³-hybridized carbons (Fsp3) is 0.389. The summed E-state index contributed by atoms with van der Waals surface area (Å²) in [5.41, 5.74) is 1.69. The molecule has 1 aromatic carbocycles. The Morgan fingerprint density at radius 3 is 2.59 bits per heavy atom. The van der Waals surface area contributed by atoms with Crippen LogP contribution in [0.2, 0.25) is 10.0 Å². The van der Waals surface area contributed by atoms with Crippen LogP contribution in [-0.2, 0) is 11.3 Å². The van der Waals surface area contributed by atoms with Gasteiger partial charge in [-0.15, -0.1) is 0 Å². The van der Waals surface area contributed by atoms with Crippen molar-refractivity contribution in [2.24, 2.45) is 4.99 Å².